The van der Waals surface area contributed by atoms with E-state index in [4.69, 9.17) is 0 Å². The average molecular weight is 378 g/mol. The summed E-state index contributed by atoms with van der Waals surface area (Å²) in [6.07, 6.45) is 2.94. The Labute approximate surface area is 156 Å². The van der Waals surface area contributed by atoms with E-state index < -0.39 is 52.7 Å². The van der Waals surface area contributed by atoms with Crippen LogP contribution in [0.5, 0.6) is 0 Å². The van der Waals surface area contributed by atoms with E-state index in [1.54, 1.807) is 0 Å². The normalized spacial score (nSPS) is 48.6. The van der Waals surface area contributed by atoms with Crippen molar-refractivity contribution in [2.24, 2.45) is 28.6 Å². The first kappa shape index (κ1) is 18.7. The summed E-state index contributed by atoms with van der Waals surface area (Å²) in [7, 11) is 0. The number of halogens is 2. The first-order valence-electron chi connectivity index (χ1n) is 9.54. The molecule has 4 aliphatic rings. The van der Waals surface area contributed by atoms with Crippen molar-refractivity contribution in [1.82, 2.24) is 0 Å². The van der Waals surface area contributed by atoms with Gasteiger partial charge in [0.2, 0.25) is 0 Å². The molecule has 0 aliphatic heterocycles. The molecule has 0 amide bonds. The highest BCUT2D eigenvalue weighted by atomic mass is 19.1. The number of fused-ring (bicyclic) bond motifs is 5. The van der Waals surface area contributed by atoms with Gasteiger partial charge in [-0.15, -0.1) is 0 Å². The molecule has 0 aromatic heterocycles. The molecule has 0 aromatic carbocycles. The number of ketones is 3. The predicted molar refractivity (Wildman–Crippen MR) is 93.2 cm³/mol. The van der Waals surface area contributed by atoms with Crippen LogP contribution in [0, 0.1) is 28.6 Å². The van der Waals surface area contributed by atoms with Crippen LogP contribution in [0.3, 0.4) is 0 Å². The summed E-state index contributed by atoms with van der Waals surface area (Å²) >= 11 is 0. The second-order valence-corrected chi connectivity index (χ2v) is 9.03. The maximum Gasteiger partial charge on any atom is 0.184 e. The fourth-order valence-corrected chi connectivity index (χ4v) is 6.57. The van der Waals surface area contributed by atoms with Crippen LogP contribution >= 0.6 is 0 Å². The van der Waals surface area contributed by atoms with Gasteiger partial charge in [0.15, 0.2) is 23.0 Å². The van der Waals surface area contributed by atoms with E-state index >= 15 is 8.78 Å². The van der Waals surface area contributed by atoms with Crippen molar-refractivity contribution in [3.63, 3.8) is 0 Å². The standard InChI is InChI=1S/C21H24F2O4/c1-19-9-18(27)21(23)14(12(19)3-4-13(19)17(26)10-24)8-16(22)15-7-11(25)5-6-20(15,21)2/h5-7,12-14,16,24H,3-4,8-10H2,1-2H3/t12-,13+,14-,16-,19-,20-,21-/m0/s1. The number of hydrogen-bond acceptors (Lipinski definition) is 4. The number of allylic oxidation sites excluding steroid dienone is 4. The van der Waals surface area contributed by atoms with Crippen LogP contribution in [0.4, 0.5) is 8.78 Å². The molecule has 0 radical (unpaired) electrons. The van der Waals surface area contributed by atoms with E-state index in [1.807, 2.05) is 6.92 Å². The number of carbonyl (C=O) groups excluding carboxylic acids is 3. The van der Waals surface area contributed by atoms with E-state index in [0.29, 0.717) is 12.8 Å². The molecule has 0 heterocycles. The van der Waals surface area contributed by atoms with Gasteiger partial charge in [-0.25, -0.2) is 8.78 Å². The lowest BCUT2D eigenvalue weighted by Crippen LogP contribution is -2.66. The van der Waals surface area contributed by atoms with Gasteiger partial charge in [-0.2, -0.15) is 0 Å². The zero-order valence-corrected chi connectivity index (χ0v) is 15.5. The van der Waals surface area contributed by atoms with Gasteiger partial charge in [-0.1, -0.05) is 13.0 Å². The van der Waals surface area contributed by atoms with Crippen molar-refractivity contribution in [3.05, 3.63) is 23.8 Å². The quantitative estimate of drug-likeness (QED) is 0.802. The highest BCUT2D eigenvalue weighted by Gasteiger charge is 2.72. The van der Waals surface area contributed by atoms with Gasteiger partial charge in [0.25, 0.3) is 0 Å². The number of rotatable bonds is 2. The summed E-state index contributed by atoms with van der Waals surface area (Å²) < 4.78 is 31.7. The maximum atomic E-state index is 16.6. The van der Waals surface area contributed by atoms with Crippen molar-refractivity contribution in [2.45, 2.75) is 51.4 Å². The molecule has 0 unspecified atom stereocenters. The van der Waals surface area contributed by atoms with Crippen LogP contribution in [0.1, 0.15) is 39.5 Å². The third kappa shape index (κ3) is 2.13. The molecule has 4 nitrogen and oxygen atoms in total. The summed E-state index contributed by atoms with van der Waals surface area (Å²) in [5.74, 6) is -3.02. The van der Waals surface area contributed by atoms with E-state index in [-0.39, 0.29) is 30.1 Å². The molecular formula is C21H24F2O4. The number of aliphatic hydroxyl groups excluding tert-OH is 1. The molecule has 0 saturated heterocycles. The van der Waals surface area contributed by atoms with Crippen molar-refractivity contribution in [1.29, 1.82) is 0 Å². The summed E-state index contributed by atoms with van der Waals surface area (Å²) in [6, 6.07) is 0. The van der Waals surface area contributed by atoms with Crippen molar-refractivity contribution < 1.29 is 28.3 Å². The maximum absolute atomic E-state index is 16.6. The van der Waals surface area contributed by atoms with Crippen LogP contribution in [-0.2, 0) is 14.4 Å². The topological polar surface area (TPSA) is 71.4 Å². The molecule has 27 heavy (non-hydrogen) atoms. The number of Topliss-reactive ketones (excluding diaryl/α,β-unsaturated/α-hetero) is 2. The van der Waals surface area contributed by atoms with Crippen LogP contribution in [0.15, 0.2) is 23.8 Å². The number of aliphatic hydroxyl groups is 1. The molecule has 146 valence electrons. The third-order valence-corrected chi connectivity index (χ3v) is 7.93. The van der Waals surface area contributed by atoms with E-state index in [9.17, 15) is 19.5 Å². The van der Waals surface area contributed by atoms with Gasteiger partial charge in [0.05, 0.1) is 5.41 Å². The zero-order chi connectivity index (χ0) is 19.8. The summed E-state index contributed by atoms with van der Waals surface area (Å²) in [5.41, 5.74) is -4.49. The molecule has 6 heteroatoms. The minimum absolute atomic E-state index is 0.0479. The molecule has 0 spiro atoms. The molecule has 7 atom stereocenters. The van der Waals surface area contributed by atoms with Gasteiger partial charge >= 0.3 is 0 Å². The Morgan fingerprint density at radius 2 is 1.96 bits per heavy atom. The summed E-state index contributed by atoms with van der Waals surface area (Å²) in [4.78, 5) is 37.1. The first-order chi connectivity index (χ1) is 12.6. The third-order valence-electron chi connectivity index (χ3n) is 7.93. The van der Waals surface area contributed by atoms with Crippen LogP contribution in [-0.4, -0.2) is 40.9 Å². The van der Waals surface area contributed by atoms with Crippen molar-refractivity contribution >= 4 is 17.3 Å². The van der Waals surface area contributed by atoms with E-state index in [2.05, 4.69) is 0 Å². The van der Waals surface area contributed by atoms with Crippen LogP contribution in [0.25, 0.3) is 0 Å². The van der Waals surface area contributed by atoms with Crippen LogP contribution < -0.4 is 0 Å². The van der Waals surface area contributed by atoms with Crippen molar-refractivity contribution in [2.75, 3.05) is 6.61 Å². The number of alkyl halides is 2. The largest absolute Gasteiger partial charge is 0.389 e. The Kier molecular flexibility index (Phi) is 3.91. The Balaban J connectivity index is 1.83. The second-order valence-electron chi connectivity index (χ2n) is 9.03. The fraction of sp³-hybridized carbons (Fsp3) is 0.667. The SMILES string of the molecule is C[C@]12CC(=O)[C@@]3(F)[C@@H](C[C@H](F)C4=CC(=O)C=C[C@@]43C)[C@@H]1CC[C@@H]2C(=O)CO. The van der Waals surface area contributed by atoms with Crippen molar-refractivity contribution in [3.8, 4) is 0 Å². The monoisotopic (exact) mass is 378 g/mol. The Bertz CT molecular complexity index is 802. The molecule has 0 aromatic rings. The number of hydrogen-bond donors (Lipinski definition) is 1. The molecule has 3 saturated carbocycles. The molecule has 1 N–H and O–H groups in total. The summed E-state index contributed by atoms with van der Waals surface area (Å²) in [5, 5.41) is 9.29. The lowest BCUT2D eigenvalue weighted by atomic mass is 9.45. The smallest absolute Gasteiger partial charge is 0.184 e. The van der Waals surface area contributed by atoms with Gasteiger partial charge < -0.3 is 5.11 Å². The van der Waals surface area contributed by atoms with Gasteiger partial charge in [0.1, 0.15) is 12.8 Å². The Hall–Kier alpha value is -1.69. The summed E-state index contributed by atoms with van der Waals surface area (Å²) in [6.45, 7) is 2.71. The van der Waals surface area contributed by atoms with E-state index in [1.165, 1.54) is 19.1 Å². The second kappa shape index (κ2) is 5.66. The average Bonchev–Trinajstić information content (AvgIpc) is 2.95. The van der Waals surface area contributed by atoms with Gasteiger partial charge in [-0.3, -0.25) is 14.4 Å². The number of carbonyl (C=O) groups is 3. The molecule has 3 fully saturated rings. The molecule has 0 bridgehead atoms. The zero-order valence-electron chi connectivity index (χ0n) is 15.5. The molecule has 4 rings (SSSR count). The predicted octanol–water partition coefficient (Wildman–Crippen LogP) is 2.69. The minimum Gasteiger partial charge on any atom is -0.389 e. The minimum atomic E-state index is -2.29. The van der Waals surface area contributed by atoms with Gasteiger partial charge in [0, 0.05) is 18.3 Å². The molecule has 4 aliphatic carbocycles. The van der Waals surface area contributed by atoms with Crippen LogP contribution in [0.2, 0.25) is 0 Å². The molecular weight excluding hydrogens is 354 g/mol. The Morgan fingerprint density at radius 3 is 2.63 bits per heavy atom. The van der Waals surface area contributed by atoms with Gasteiger partial charge in [-0.05, 0) is 55.2 Å². The lowest BCUT2D eigenvalue weighted by Gasteiger charge is -2.59. The first-order valence-corrected chi connectivity index (χ1v) is 9.54. The lowest BCUT2D eigenvalue weighted by molar-refractivity contribution is -0.170. The van der Waals surface area contributed by atoms with E-state index in [0.717, 1.165) is 6.08 Å². The fourth-order valence-electron chi connectivity index (χ4n) is 6.57. The highest BCUT2D eigenvalue weighted by Crippen LogP contribution is 2.68. The Morgan fingerprint density at radius 1 is 1.26 bits per heavy atom. The highest BCUT2D eigenvalue weighted by molar-refractivity contribution is 6.03.